The Hall–Kier alpha value is -2.49. The van der Waals surface area contributed by atoms with Crippen molar-refractivity contribution in [3.63, 3.8) is 0 Å². The Morgan fingerprint density at radius 1 is 1.40 bits per heavy atom. The number of anilines is 1. The van der Waals surface area contributed by atoms with Crippen molar-refractivity contribution in [2.45, 2.75) is 0 Å². The molecular formula is C10H10N2O7S. The van der Waals surface area contributed by atoms with Crippen LogP contribution >= 0.6 is 0 Å². The topological polar surface area (TPSA) is 144 Å². The van der Waals surface area contributed by atoms with Gasteiger partial charge in [0.1, 0.15) is 11.4 Å². The summed E-state index contributed by atoms with van der Waals surface area (Å²) < 4.78 is 21.8. The summed E-state index contributed by atoms with van der Waals surface area (Å²) in [6, 6.07) is 2.87. The van der Waals surface area contributed by atoms with Gasteiger partial charge in [-0.3, -0.25) is 14.9 Å². The van der Waals surface area contributed by atoms with Gasteiger partial charge in [0.15, 0.2) is 9.84 Å². The molecule has 0 fully saturated rings. The summed E-state index contributed by atoms with van der Waals surface area (Å²) in [7, 11) is -3.57. The Balaban J connectivity index is 3.09. The lowest BCUT2D eigenvalue weighted by Gasteiger charge is -2.06. The molecule has 0 saturated heterocycles. The molecule has 1 rings (SSSR count). The highest BCUT2D eigenvalue weighted by Gasteiger charge is 2.20. The van der Waals surface area contributed by atoms with Gasteiger partial charge in [-0.1, -0.05) is 0 Å². The molecule has 0 aliphatic carbocycles. The van der Waals surface area contributed by atoms with E-state index in [1.807, 2.05) is 0 Å². The fourth-order valence-electron chi connectivity index (χ4n) is 1.35. The van der Waals surface area contributed by atoms with Crippen molar-refractivity contribution >= 4 is 33.1 Å². The van der Waals surface area contributed by atoms with Crippen LogP contribution in [-0.4, -0.2) is 42.3 Å². The van der Waals surface area contributed by atoms with Crippen molar-refractivity contribution < 1.29 is 28.0 Å². The van der Waals surface area contributed by atoms with E-state index in [1.54, 1.807) is 0 Å². The minimum Gasteiger partial charge on any atom is -0.478 e. The SMILES string of the molecule is CS(=O)(=O)CC(=O)Nc1ccc(C(=O)O)cc1[N+](=O)[O-]. The van der Waals surface area contributed by atoms with Gasteiger partial charge >= 0.3 is 5.97 Å². The third kappa shape index (κ3) is 4.31. The zero-order valence-electron chi connectivity index (χ0n) is 10.2. The second kappa shape index (κ2) is 5.65. The minimum absolute atomic E-state index is 0.270. The number of hydrogen-bond donors (Lipinski definition) is 2. The number of aromatic carboxylic acids is 1. The van der Waals surface area contributed by atoms with Crippen molar-refractivity contribution in [1.29, 1.82) is 0 Å². The average molecular weight is 302 g/mol. The first-order valence-electron chi connectivity index (χ1n) is 5.09. The highest BCUT2D eigenvalue weighted by Crippen LogP contribution is 2.25. The van der Waals surface area contributed by atoms with Crippen LogP contribution in [0.5, 0.6) is 0 Å². The molecule has 9 nitrogen and oxygen atoms in total. The molecule has 0 spiro atoms. The van der Waals surface area contributed by atoms with Crippen molar-refractivity contribution in [2.75, 3.05) is 17.3 Å². The fourth-order valence-corrected chi connectivity index (χ4v) is 1.89. The third-order valence-electron chi connectivity index (χ3n) is 2.11. The average Bonchev–Trinajstić information content (AvgIpc) is 2.25. The van der Waals surface area contributed by atoms with E-state index in [4.69, 9.17) is 5.11 Å². The standard InChI is InChI=1S/C10H10N2O7S/c1-20(18,19)5-9(13)11-7-3-2-6(10(14)15)4-8(7)12(16)17/h2-4H,5H2,1H3,(H,11,13)(H,14,15). The number of carboxylic acid groups (broad SMARTS) is 1. The van der Waals surface area contributed by atoms with Gasteiger partial charge in [0.2, 0.25) is 5.91 Å². The number of benzene rings is 1. The number of carboxylic acids is 1. The maximum Gasteiger partial charge on any atom is 0.335 e. The van der Waals surface area contributed by atoms with Gasteiger partial charge in [-0.2, -0.15) is 0 Å². The molecule has 0 aromatic heterocycles. The molecule has 0 aliphatic heterocycles. The number of nitro groups is 1. The Morgan fingerprint density at radius 3 is 2.45 bits per heavy atom. The Labute approximate surface area is 113 Å². The Bertz CT molecular complexity index is 681. The normalized spacial score (nSPS) is 10.8. The maximum atomic E-state index is 11.4. The molecule has 2 N–H and O–H groups in total. The number of carbonyl (C=O) groups excluding carboxylic acids is 1. The van der Waals surface area contributed by atoms with E-state index in [2.05, 4.69) is 5.32 Å². The largest absolute Gasteiger partial charge is 0.478 e. The van der Waals surface area contributed by atoms with E-state index in [0.29, 0.717) is 0 Å². The van der Waals surface area contributed by atoms with Crippen LogP contribution in [0.3, 0.4) is 0 Å². The van der Waals surface area contributed by atoms with Gasteiger partial charge in [0, 0.05) is 12.3 Å². The number of nitrogens with zero attached hydrogens (tertiary/aromatic N) is 1. The van der Waals surface area contributed by atoms with Gasteiger partial charge in [0.05, 0.1) is 10.5 Å². The lowest BCUT2D eigenvalue weighted by molar-refractivity contribution is -0.384. The summed E-state index contributed by atoms with van der Waals surface area (Å²) in [6.07, 6.45) is 0.842. The summed E-state index contributed by atoms with van der Waals surface area (Å²) in [5.41, 5.74) is -1.22. The third-order valence-corrected chi connectivity index (χ3v) is 2.90. The summed E-state index contributed by atoms with van der Waals surface area (Å²) in [4.78, 5) is 32.0. The first-order valence-corrected chi connectivity index (χ1v) is 7.15. The number of carbonyl (C=O) groups is 2. The Morgan fingerprint density at radius 2 is 2.00 bits per heavy atom. The lowest BCUT2D eigenvalue weighted by Crippen LogP contribution is -2.22. The molecule has 0 saturated carbocycles. The lowest BCUT2D eigenvalue weighted by atomic mass is 10.1. The molecule has 1 aromatic rings. The number of hydrogen-bond acceptors (Lipinski definition) is 6. The van der Waals surface area contributed by atoms with Crippen LogP contribution in [0, 0.1) is 10.1 Å². The number of rotatable bonds is 5. The van der Waals surface area contributed by atoms with E-state index < -0.39 is 38.1 Å². The first-order chi connectivity index (χ1) is 9.10. The molecule has 0 bridgehead atoms. The smallest absolute Gasteiger partial charge is 0.335 e. The molecule has 20 heavy (non-hydrogen) atoms. The van der Waals surface area contributed by atoms with Gasteiger partial charge in [-0.05, 0) is 12.1 Å². The van der Waals surface area contributed by atoms with Gasteiger partial charge < -0.3 is 10.4 Å². The molecule has 0 heterocycles. The number of nitrogens with one attached hydrogen (secondary N) is 1. The highest BCUT2D eigenvalue weighted by molar-refractivity contribution is 7.91. The number of nitro benzene ring substituents is 1. The van der Waals surface area contributed by atoms with E-state index in [1.165, 1.54) is 0 Å². The van der Waals surface area contributed by atoms with Crippen LogP contribution in [0.15, 0.2) is 18.2 Å². The molecule has 0 aliphatic rings. The van der Waals surface area contributed by atoms with Crippen LogP contribution in [0.2, 0.25) is 0 Å². The van der Waals surface area contributed by atoms with E-state index >= 15 is 0 Å². The zero-order valence-corrected chi connectivity index (χ0v) is 11.0. The summed E-state index contributed by atoms with van der Waals surface area (Å²) >= 11 is 0. The number of sulfone groups is 1. The van der Waals surface area contributed by atoms with Crippen molar-refractivity contribution in [3.05, 3.63) is 33.9 Å². The first kappa shape index (κ1) is 15.6. The zero-order chi connectivity index (χ0) is 15.5. The second-order valence-electron chi connectivity index (χ2n) is 3.91. The fraction of sp³-hybridized carbons (Fsp3) is 0.200. The van der Waals surface area contributed by atoms with Crippen LogP contribution < -0.4 is 5.32 Å². The summed E-state index contributed by atoms with van der Waals surface area (Å²) in [6.45, 7) is 0. The number of amides is 1. The van der Waals surface area contributed by atoms with Crippen molar-refractivity contribution in [1.82, 2.24) is 0 Å². The molecule has 0 radical (unpaired) electrons. The second-order valence-corrected chi connectivity index (χ2v) is 6.05. The van der Waals surface area contributed by atoms with Crippen LogP contribution in [0.25, 0.3) is 0 Å². The predicted octanol–water partition coefficient (Wildman–Crippen LogP) is 0.276. The maximum absolute atomic E-state index is 11.4. The van der Waals surface area contributed by atoms with Crippen LogP contribution in [0.1, 0.15) is 10.4 Å². The monoisotopic (exact) mass is 302 g/mol. The molecule has 1 amide bonds. The van der Waals surface area contributed by atoms with Crippen LogP contribution in [-0.2, 0) is 14.6 Å². The van der Waals surface area contributed by atoms with E-state index in [0.717, 1.165) is 24.5 Å². The van der Waals surface area contributed by atoms with E-state index in [9.17, 15) is 28.1 Å². The quantitative estimate of drug-likeness (QED) is 0.587. The van der Waals surface area contributed by atoms with Crippen LogP contribution in [0.4, 0.5) is 11.4 Å². The summed E-state index contributed by atoms with van der Waals surface area (Å²) in [5, 5.41) is 21.6. The predicted molar refractivity (Wildman–Crippen MR) is 68.4 cm³/mol. The molecule has 10 heteroatoms. The molecule has 108 valence electrons. The van der Waals surface area contributed by atoms with Gasteiger partial charge in [-0.25, -0.2) is 13.2 Å². The van der Waals surface area contributed by atoms with Crippen molar-refractivity contribution in [3.8, 4) is 0 Å². The minimum atomic E-state index is -3.57. The van der Waals surface area contributed by atoms with Gasteiger partial charge in [0.25, 0.3) is 5.69 Å². The van der Waals surface area contributed by atoms with Crippen molar-refractivity contribution in [2.24, 2.45) is 0 Å². The molecular weight excluding hydrogens is 292 g/mol. The highest BCUT2D eigenvalue weighted by atomic mass is 32.2. The summed E-state index contributed by atoms with van der Waals surface area (Å²) in [5.74, 6) is -3.13. The van der Waals surface area contributed by atoms with E-state index in [-0.39, 0.29) is 11.3 Å². The molecule has 1 aromatic carbocycles. The molecule has 0 atom stereocenters. The molecule has 0 unspecified atom stereocenters. The Kier molecular flexibility index (Phi) is 4.40. The van der Waals surface area contributed by atoms with Gasteiger partial charge in [-0.15, -0.1) is 0 Å².